The Balaban J connectivity index is 1.95. The highest BCUT2D eigenvalue weighted by Crippen LogP contribution is 2.25. The number of carbonyl (C=O) groups is 1. The van der Waals surface area contributed by atoms with Gasteiger partial charge in [0.25, 0.3) is 0 Å². The predicted molar refractivity (Wildman–Crippen MR) is 86.0 cm³/mol. The molecule has 23 heavy (non-hydrogen) atoms. The summed E-state index contributed by atoms with van der Waals surface area (Å²) in [5.74, 6) is 0.304. The average Bonchev–Trinajstić information content (AvgIpc) is 2.51. The van der Waals surface area contributed by atoms with E-state index in [1.165, 1.54) is 12.1 Å². The lowest BCUT2D eigenvalue weighted by molar-refractivity contribution is -0.142. The first-order valence-corrected chi connectivity index (χ1v) is 7.90. The van der Waals surface area contributed by atoms with Crippen molar-refractivity contribution in [3.05, 3.63) is 29.6 Å². The number of rotatable bonds is 5. The molecule has 1 aliphatic heterocycles. The van der Waals surface area contributed by atoms with Gasteiger partial charge in [0.2, 0.25) is 5.91 Å². The summed E-state index contributed by atoms with van der Waals surface area (Å²) in [7, 11) is 1.55. The van der Waals surface area contributed by atoms with Crippen molar-refractivity contribution >= 4 is 5.91 Å². The van der Waals surface area contributed by atoms with E-state index in [1.54, 1.807) is 18.1 Å². The highest BCUT2D eigenvalue weighted by atomic mass is 19.1. The lowest BCUT2D eigenvalue weighted by Gasteiger charge is -2.35. The molecule has 1 heterocycles. The molecule has 0 spiro atoms. The van der Waals surface area contributed by atoms with E-state index >= 15 is 0 Å². The van der Waals surface area contributed by atoms with Crippen molar-refractivity contribution in [2.45, 2.75) is 39.0 Å². The second kappa shape index (κ2) is 7.75. The Bertz CT molecular complexity index is 543. The van der Waals surface area contributed by atoms with E-state index in [9.17, 15) is 9.18 Å². The van der Waals surface area contributed by atoms with E-state index in [0.29, 0.717) is 24.4 Å². The van der Waals surface area contributed by atoms with Gasteiger partial charge in [-0.2, -0.15) is 0 Å². The topological polar surface area (TPSA) is 50.8 Å². The summed E-state index contributed by atoms with van der Waals surface area (Å²) in [5, 5.41) is 3.15. The van der Waals surface area contributed by atoms with Crippen LogP contribution in [0.2, 0.25) is 0 Å². The van der Waals surface area contributed by atoms with Crippen LogP contribution in [0, 0.1) is 5.82 Å². The standard InChI is InChI=1S/C17H25FN2O3/c1-11-9-20(10-12(2)23-11)17(21)8-19-13(3)15-7-14(18)5-6-16(15)22-4/h5-7,11-13,19H,8-10H2,1-4H3/t11-,12-,13-/m0/s1. The minimum absolute atomic E-state index is 0.0224. The third-order valence-corrected chi connectivity index (χ3v) is 3.99. The Labute approximate surface area is 136 Å². The second-order valence-electron chi connectivity index (χ2n) is 6.04. The van der Waals surface area contributed by atoms with Crippen LogP contribution >= 0.6 is 0 Å². The molecule has 0 bridgehead atoms. The maximum absolute atomic E-state index is 13.4. The van der Waals surface area contributed by atoms with Crippen LogP contribution in [-0.2, 0) is 9.53 Å². The van der Waals surface area contributed by atoms with Gasteiger partial charge in [0.05, 0.1) is 25.9 Å². The summed E-state index contributed by atoms with van der Waals surface area (Å²) in [6.45, 7) is 7.20. The van der Waals surface area contributed by atoms with Crippen LogP contribution < -0.4 is 10.1 Å². The van der Waals surface area contributed by atoms with Crippen molar-refractivity contribution in [3.8, 4) is 5.75 Å². The molecule has 0 unspecified atom stereocenters. The lowest BCUT2D eigenvalue weighted by atomic mass is 10.1. The number of ether oxygens (including phenoxy) is 2. The number of nitrogens with one attached hydrogen (secondary N) is 1. The van der Waals surface area contributed by atoms with Gasteiger partial charge < -0.3 is 19.7 Å². The maximum Gasteiger partial charge on any atom is 0.236 e. The van der Waals surface area contributed by atoms with E-state index in [4.69, 9.17) is 9.47 Å². The van der Waals surface area contributed by atoms with Gasteiger partial charge in [0, 0.05) is 24.7 Å². The smallest absolute Gasteiger partial charge is 0.236 e. The first-order valence-electron chi connectivity index (χ1n) is 7.90. The third kappa shape index (κ3) is 4.65. The highest BCUT2D eigenvalue weighted by molar-refractivity contribution is 5.78. The maximum atomic E-state index is 13.4. The molecule has 6 heteroatoms. The van der Waals surface area contributed by atoms with Gasteiger partial charge >= 0.3 is 0 Å². The summed E-state index contributed by atoms with van der Waals surface area (Å²) in [6.07, 6.45) is 0.0897. The molecule has 1 aromatic rings. The molecule has 1 fully saturated rings. The first kappa shape index (κ1) is 17.7. The molecule has 3 atom stereocenters. The lowest BCUT2D eigenvalue weighted by Crippen LogP contribution is -2.50. The number of hydrogen-bond acceptors (Lipinski definition) is 4. The average molecular weight is 324 g/mol. The van der Waals surface area contributed by atoms with Gasteiger partial charge in [-0.3, -0.25) is 4.79 Å². The molecule has 1 N–H and O–H groups in total. The number of amides is 1. The van der Waals surface area contributed by atoms with Crippen LogP contribution in [0.4, 0.5) is 4.39 Å². The van der Waals surface area contributed by atoms with Crippen LogP contribution in [0.5, 0.6) is 5.75 Å². The molecular formula is C17H25FN2O3. The Hall–Kier alpha value is -1.66. The van der Waals surface area contributed by atoms with Crippen molar-refractivity contribution < 1.29 is 18.7 Å². The molecule has 1 amide bonds. The fourth-order valence-electron chi connectivity index (χ4n) is 2.89. The molecule has 128 valence electrons. The predicted octanol–water partition coefficient (Wildman–Crippen LogP) is 2.12. The van der Waals surface area contributed by atoms with E-state index in [2.05, 4.69) is 5.32 Å². The molecule has 0 saturated carbocycles. The molecule has 0 aromatic heterocycles. The highest BCUT2D eigenvalue weighted by Gasteiger charge is 2.26. The molecule has 1 aliphatic rings. The Morgan fingerprint density at radius 2 is 2.09 bits per heavy atom. The summed E-state index contributed by atoms with van der Waals surface area (Å²) in [5.41, 5.74) is 0.698. The SMILES string of the molecule is COc1ccc(F)cc1[C@H](C)NCC(=O)N1C[C@H](C)O[C@@H](C)C1. The van der Waals surface area contributed by atoms with Crippen LogP contribution in [0.3, 0.4) is 0 Å². The van der Waals surface area contributed by atoms with Crippen LogP contribution in [0.1, 0.15) is 32.4 Å². The van der Waals surface area contributed by atoms with Crippen molar-refractivity contribution in [2.75, 3.05) is 26.7 Å². The van der Waals surface area contributed by atoms with Crippen molar-refractivity contribution in [3.63, 3.8) is 0 Å². The quantitative estimate of drug-likeness (QED) is 0.901. The number of nitrogens with zero attached hydrogens (tertiary/aromatic N) is 1. The van der Waals surface area contributed by atoms with Gasteiger partial charge in [0.1, 0.15) is 11.6 Å². The minimum atomic E-state index is -0.323. The minimum Gasteiger partial charge on any atom is -0.496 e. The van der Waals surface area contributed by atoms with E-state index < -0.39 is 0 Å². The monoisotopic (exact) mass is 324 g/mol. The van der Waals surface area contributed by atoms with Gasteiger partial charge in [-0.15, -0.1) is 0 Å². The number of methoxy groups -OCH3 is 1. The summed E-state index contributed by atoms with van der Waals surface area (Å²) in [4.78, 5) is 14.2. The third-order valence-electron chi connectivity index (χ3n) is 3.99. The molecule has 5 nitrogen and oxygen atoms in total. The van der Waals surface area contributed by atoms with Crippen LogP contribution in [-0.4, -0.2) is 49.8 Å². The van der Waals surface area contributed by atoms with Gasteiger partial charge in [-0.25, -0.2) is 4.39 Å². The van der Waals surface area contributed by atoms with Crippen molar-refractivity contribution in [2.24, 2.45) is 0 Å². The second-order valence-corrected chi connectivity index (χ2v) is 6.04. The molecule has 1 saturated heterocycles. The fraction of sp³-hybridized carbons (Fsp3) is 0.588. The number of benzene rings is 1. The van der Waals surface area contributed by atoms with Gasteiger partial charge in [-0.05, 0) is 39.0 Å². The summed E-state index contributed by atoms with van der Waals surface area (Å²) < 4.78 is 24.3. The largest absolute Gasteiger partial charge is 0.496 e. The Morgan fingerprint density at radius 3 is 2.70 bits per heavy atom. The van der Waals surface area contributed by atoms with Crippen LogP contribution in [0.15, 0.2) is 18.2 Å². The number of halogens is 1. The molecule has 0 aliphatic carbocycles. The molecule has 2 rings (SSSR count). The van der Waals surface area contributed by atoms with Crippen molar-refractivity contribution in [1.29, 1.82) is 0 Å². The summed E-state index contributed by atoms with van der Waals surface area (Å²) >= 11 is 0. The Morgan fingerprint density at radius 1 is 1.43 bits per heavy atom. The number of carbonyl (C=O) groups excluding carboxylic acids is 1. The zero-order valence-corrected chi connectivity index (χ0v) is 14.1. The summed E-state index contributed by atoms with van der Waals surface area (Å²) in [6, 6.07) is 4.19. The Kier molecular flexibility index (Phi) is 5.96. The van der Waals surface area contributed by atoms with Gasteiger partial charge in [-0.1, -0.05) is 0 Å². The number of morpholine rings is 1. The zero-order chi connectivity index (χ0) is 17.0. The fourth-order valence-corrected chi connectivity index (χ4v) is 2.89. The van der Waals surface area contributed by atoms with Gasteiger partial charge in [0.15, 0.2) is 0 Å². The van der Waals surface area contributed by atoms with Crippen molar-refractivity contribution in [1.82, 2.24) is 10.2 Å². The normalized spacial score (nSPS) is 22.7. The van der Waals surface area contributed by atoms with E-state index in [-0.39, 0.29) is 36.5 Å². The van der Waals surface area contributed by atoms with Crippen LogP contribution in [0.25, 0.3) is 0 Å². The molecular weight excluding hydrogens is 299 g/mol. The van der Waals surface area contributed by atoms with E-state index in [0.717, 1.165) is 0 Å². The van der Waals surface area contributed by atoms with E-state index in [1.807, 2.05) is 20.8 Å². The molecule has 0 radical (unpaired) electrons. The molecule has 1 aromatic carbocycles. The first-order chi connectivity index (χ1) is 10.9. The zero-order valence-electron chi connectivity index (χ0n) is 14.1. The number of hydrogen-bond donors (Lipinski definition) is 1.